The van der Waals surface area contributed by atoms with Crippen LogP contribution in [-0.4, -0.2) is 49.7 Å². The largest absolute Gasteiger partial charge is 0.465 e. The van der Waals surface area contributed by atoms with Gasteiger partial charge in [-0.2, -0.15) is 0 Å². The molecular weight excluding hydrogens is 679 g/mol. The Bertz CT molecular complexity index is 758. The zero-order valence-electron chi connectivity index (χ0n) is 38.2. The summed E-state index contributed by atoms with van der Waals surface area (Å²) in [5.74, 6) is -0.353. The van der Waals surface area contributed by atoms with E-state index in [4.69, 9.17) is 9.47 Å². The van der Waals surface area contributed by atoms with E-state index in [0.717, 1.165) is 38.5 Å². The fourth-order valence-electron chi connectivity index (χ4n) is 7.99. The molecule has 328 valence electrons. The predicted octanol–water partition coefficient (Wildman–Crippen LogP) is 16.0. The summed E-state index contributed by atoms with van der Waals surface area (Å²) in [7, 11) is 3.82. The minimum Gasteiger partial charge on any atom is -0.465 e. The molecule has 0 saturated carbocycles. The van der Waals surface area contributed by atoms with Crippen LogP contribution < -0.4 is 0 Å². The highest BCUT2D eigenvalue weighted by molar-refractivity contribution is 5.77. The quantitative estimate of drug-likeness (QED) is 0.0455. The van der Waals surface area contributed by atoms with Gasteiger partial charge in [0, 0.05) is 6.42 Å². The van der Waals surface area contributed by atoms with Crippen LogP contribution in [0, 0.1) is 0 Å². The van der Waals surface area contributed by atoms with E-state index in [1.165, 1.54) is 205 Å². The van der Waals surface area contributed by atoms with Crippen molar-refractivity contribution < 1.29 is 19.1 Å². The Hall–Kier alpha value is -1.10. The van der Waals surface area contributed by atoms with Crippen LogP contribution >= 0.6 is 0 Å². The lowest BCUT2D eigenvalue weighted by Gasteiger charge is -2.23. The summed E-state index contributed by atoms with van der Waals surface area (Å²) in [5, 5.41) is 0. The van der Waals surface area contributed by atoms with Crippen molar-refractivity contribution in [3.63, 3.8) is 0 Å². The van der Waals surface area contributed by atoms with Crippen molar-refractivity contribution in [1.82, 2.24) is 4.90 Å². The molecule has 0 fully saturated rings. The van der Waals surface area contributed by atoms with Gasteiger partial charge in [-0.3, -0.25) is 14.5 Å². The van der Waals surface area contributed by atoms with Crippen molar-refractivity contribution in [2.75, 3.05) is 20.7 Å². The Morgan fingerprint density at radius 2 is 0.691 bits per heavy atom. The van der Waals surface area contributed by atoms with Crippen LogP contribution in [0.5, 0.6) is 0 Å². The molecule has 0 rings (SSSR count). The van der Waals surface area contributed by atoms with Crippen molar-refractivity contribution in [2.24, 2.45) is 0 Å². The zero-order valence-corrected chi connectivity index (χ0v) is 38.2. The molecule has 0 aromatic carbocycles. The standard InChI is InChI=1S/C50H99NO4/c1-6-9-12-15-18-21-24-27-30-33-36-39-42-47(43-40-37-34-31-28-25-22-19-16-13-10-7-2)55-49(52)45-44-48(51(4)5)50(53)54-46-41-38-35-32-29-26-23-20-17-14-11-8-3/h47-48H,6-46H2,1-5H3. The minimum absolute atomic E-state index is 0.00861. The monoisotopic (exact) mass is 778 g/mol. The molecule has 0 amide bonds. The smallest absolute Gasteiger partial charge is 0.323 e. The number of ether oxygens (including phenoxy) is 2. The summed E-state index contributed by atoms with van der Waals surface area (Å²) in [6, 6.07) is -0.406. The molecule has 0 aliphatic rings. The summed E-state index contributed by atoms with van der Waals surface area (Å²) >= 11 is 0. The summed E-state index contributed by atoms with van der Waals surface area (Å²) < 4.78 is 11.8. The summed E-state index contributed by atoms with van der Waals surface area (Å²) in [4.78, 5) is 28.0. The van der Waals surface area contributed by atoms with Crippen LogP contribution in [0.3, 0.4) is 0 Å². The molecule has 5 heteroatoms. The summed E-state index contributed by atoms with van der Waals surface area (Å²) in [6.07, 6.45) is 50.3. The van der Waals surface area contributed by atoms with Gasteiger partial charge in [-0.05, 0) is 52.6 Å². The van der Waals surface area contributed by atoms with Gasteiger partial charge in [0.15, 0.2) is 0 Å². The molecule has 0 N–H and O–H groups in total. The third-order valence-corrected chi connectivity index (χ3v) is 11.8. The van der Waals surface area contributed by atoms with Gasteiger partial charge < -0.3 is 9.47 Å². The third-order valence-electron chi connectivity index (χ3n) is 11.8. The van der Waals surface area contributed by atoms with Gasteiger partial charge in [0.2, 0.25) is 0 Å². The average Bonchev–Trinajstić information content (AvgIpc) is 3.17. The van der Waals surface area contributed by atoms with Gasteiger partial charge in [0.05, 0.1) is 6.61 Å². The third kappa shape index (κ3) is 39.5. The molecule has 0 bridgehead atoms. The Morgan fingerprint density at radius 3 is 1.00 bits per heavy atom. The molecule has 55 heavy (non-hydrogen) atoms. The first-order valence-electron chi connectivity index (χ1n) is 25.0. The van der Waals surface area contributed by atoms with Crippen LogP contribution in [0.25, 0.3) is 0 Å². The molecule has 5 nitrogen and oxygen atoms in total. The lowest BCUT2D eigenvalue weighted by Crippen LogP contribution is -2.38. The molecule has 1 unspecified atom stereocenters. The fraction of sp³-hybridized carbons (Fsp3) is 0.960. The van der Waals surface area contributed by atoms with Crippen molar-refractivity contribution in [3.8, 4) is 0 Å². The first kappa shape index (κ1) is 53.9. The maximum atomic E-state index is 13.1. The summed E-state index contributed by atoms with van der Waals surface area (Å²) in [6.45, 7) is 7.32. The Morgan fingerprint density at radius 1 is 0.400 bits per heavy atom. The molecule has 0 heterocycles. The highest BCUT2D eigenvalue weighted by Gasteiger charge is 2.24. The van der Waals surface area contributed by atoms with E-state index in [1.807, 2.05) is 19.0 Å². The van der Waals surface area contributed by atoms with E-state index in [9.17, 15) is 9.59 Å². The highest BCUT2D eigenvalue weighted by atomic mass is 16.5. The first-order valence-corrected chi connectivity index (χ1v) is 25.0. The number of hydrogen-bond acceptors (Lipinski definition) is 5. The molecule has 1 atom stereocenters. The van der Waals surface area contributed by atoms with Crippen LogP contribution in [-0.2, 0) is 19.1 Å². The Kier molecular flexibility index (Phi) is 43.1. The van der Waals surface area contributed by atoms with Gasteiger partial charge in [-0.1, -0.05) is 233 Å². The SMILES string of the molecule is CCCCCCCCCCCCCCOC(=O)C(CCC(=O)OC(CCCCCCCCCCCCCC)CCCCCCCCCCCCCC)N(C)C. The van der Waals surface area contributed by atoms with E-state index >= 15 is 0 Å². The van der Waals surface area contributed by atoms with Crippen molar-refractivity contribution in [1.29, 1.82) is 0 Å². The number of hydrogen-bond donors (Lipinski definition) is 0. The number of unbranched alkanes of at least 4 members (excludes halogenated alkanes) is 33. The van der Waals surface area contributed by atoms with Gasteiger partial charge in [0.25, 0.3) is 0 Å². The van der Waals surface area contributed by atoms with Gasteiger partial charge in [0.1, 0.15) is 12.1 Å². The van der Waals surface area contributed by atoms with E-state index in [0.29, 0.717) is 13.0 Å². The second-order valence-corrected chi connectivity index (χ2v) is 17.5. The Balaban J connectivity index is 4.45. The highest BCUT2D eigenvalue weighted by Crippen LogP contribution is 2.20. The molecule has 0 spiro atoms. The molecule has 0 aromatic heterocycles. The molecular formula is C50H99NO4. The van der Waals surface area contributed by atoms with Crippen molar-refractivity contribution in [3.05, 3.63) is 0 Å². The second kappa shape index (κ2) is 44.0. The molecule has 0 radical (unpaired) electrons. The van der Waals surface area contributed by atoms with Crippen LogP contribution in [0.4, 0.5) is 0 Å². The van der Waals surface area contributed by atoms with Crippen LogP contribution in [0.2, 0.25) is 0 Å². The average molecular weight is 778 g/mol. The number of nitrogens with zero attached hydrogens (tertiary/aromatic N) is 1. The zero-order chi connectivity index (χ0) is 40.3. The van der Waals surface area contributed by atoms with Gasteiger partial charge in [-0.15, -0.1) is 0 Å². The molecule has 0 aliphatic heterocycles. The van der Waals surface area contributed by atoms with Crippen LogP contribution in [0.15, 0.2) is 0 Å². The molecule has 0 saturated heterocycles. The second-order valence-electron chi connectivity index (χ2n) is 17.5. The number of carbonyl (C=O) groups is 2. The molecule has 0 aromatic rings. The number of carbonyl (C=O) groups excluding carboxylic acids is 2. The van der Waals surface area contributed by atoms with E-state index in [2.05, 4.69) is 20.8 Å². The fourth-order valence-corrected chi connectivity index (χ4v) is 7.99. The first-order chi connectivity index (χ1) is 27.0. The molecule has 0 aliphatic carbocycles. The maximum Gasteiger partial charge on any atom is 0.323 e. The van der Waals surface area contributed by atoms with E-state index < -0.39 is 6.04 Å². The lowest BCUT2D eigenvalue weighted by atomic mass is 10.0. The maximum absolute atomic E-state index is 13.1. The van der Waals surface area contributed by atoms with E-state index in [1.54, 1.807) is 0 Å². The van der Waals surface area contributed by atoms with Gasteiger partial charge >= 0.3 is 11.9 Å². The number of likely N-dealkylation sites (N-methyl/N-ethyl adjacent to an activating group) is 1. The number of esters is 2. The van der Waals surface area contributed by atoms with Crippen molar-refractivity contribution >= 4 is 11.9 Å². The lowest BCUT2D eigenvalue weighted by molar-refractivity contribution is -0.152. The van der Waals surface area contributed by atoms with E-state index in [-0.39, 0.29) is 24.5 Å². The van der Waals surface area contributed by atoms with Crippen molar-refractivity contribution in [2.45, 2.75) is 290 Å². The Labute approximate surface area is 345 Å². The number of rotatable bonds is 45. The normalized spacial score (nSPS) is 12.2. The predicted molar refractivity (Wildman–Crippen MR) is 240 cm³/mol. The minimum atomic E-state index is -0.406. The van der Waals surface area contributed by atoms with Gasteiger partial charge in [-0.25, -0.2) is 0 Å². The topological polar surface area (TPSA) is 55.8 Å². The van der Waals surface area contributed by atoms with Crippen LogP contribution in [0.1, 0.15) is 278 Å². The summed E-state index contributed by atoms with van der Waals surface area (Å²) in [5.41, 5.74) is 0.